The van der Waals surface area contributed by atoms with Gasteiger partial charge < -0.3 is 9.80 Å². The number of piperidine rings is 1. The van der Waals surface area contributed by atoms with Crippen LogP contribution in [0.25, 0.3) is 0 Å². The quantitative estimate of drug-likeness (QED) is 0.711. The molecule has 2 aromatic carbocycles. The molecule has 3 heterocycles. The van der Waals surface area contributed by atoms with Crippen molar-refractivity contribution < 1.29 is 13.2 Å². The van der Waals surface area contributed by atoms with Gasteiger partial charge in [-0.15, -0.1) is 0 Å². The highest BCUT2D eigenvalue weighted by Gasteiger charge is 2.40. The summed E-state index contributed by atoms with van der Waals surface area (Å²) < 4.78 is 28.0. The smallest absolute Gasteiger partial charge is 0.243 e. The van der Waals surface area contributed by atoms with Gasteiger partial charge in [-0.3, -0.25) is 4.79 Å². The van der Waals surface area contributed by atoms with Crippen molar-refractivity contribution in [3.05, 3.63) is 53.6 Å². The van der Waals surface area contributed by atoms with E-state index in [4.69, 9.17) is 0 Å². The highest BCUT2D eigenvalue weighted by atomic mass is 32.2. The number of hydrogen-bond donors (Lipinski definition) is 0. The van der Waals surface area contributed by atoms with E-state index in [0.717, 1.165) is 48.4 Å². The molecular formula is C25H31N3O3S. The lowest BCUT2D eigenvalue weighted by molar-refractivity contribution is -0.123. The zero-order valence-corrected chi connectivity index (χ0v) is 19.6. The largest absolute Gasteiger partial charge is 0.365 e. The predicted molar refractivity (Wildman–Crippen MR) is 127 cm³/mol. The normalized spacial score (nSPS) is 22.0. The van der Waals surface area contributed by atoms with Gasteiger partial charge in [-0.1, -0.05) is 29.8 Å². The van der Waals surface area contributed by atoms with E-state index in [1.807, 2.05) is 49.1 Å². The van der Waals surface area contributed by atoms with Gasteiger partial charge in [0, 0.05) is 38.1 Å². The van der Waals surface area contributed by atoms with Gasteiger partial charge in [0.05, 0.1) is 16.3 Å². The van der Waals surface area contributed by atoms with Crippen molar-refractivity contribution in [1.82, 2.24) is 4.31 Å². The summed E-state index contributed by atoms with van der Waals surface area (Å²) in [5.74, 6) is 0.00846. The third kappa shape index (κ3) is 3.61. The van der Waals surface area contributed by atoms with Gasteiger partial charge in [-0.05, 0) is 63.3 Å². The molecule has 3 aliphatic rings. The van der Waals surface area contributed by atoms with Crippen LogP contribution in [0.2, 0.25) is 0 Å². The van der Waals surface area contributed by atoms with Crippen molar-refractivity contribution in [3.63, 3.8) is 0 Å². The van der Waals surface area contributed by atoms with Gasteiger partial charge in [0.1, 0.15) is 0 Å². The van der Waals surface area contributed by atoms with Crippen molar-refractivity contribution in [2.75, 3.05) is 36.0 Å². The Morgan fingerprint density at radius 2 is 1.66 bits per heavy atom. The first-order valence-corrected chi connectivity index (χ1v) is 13.0. The van der Waals surface area contributed by atoms with Crippen LogP contribution < -0.4 is 9.80 Å². The Bertz CT molecular complexity index is 1140. The Kier molecular flexibility index (Phi) is 5.50. The first-order valence-electron chi connectivity index (χ1n) is 11.6. The zero-order valence-electron chi connectivity index (χ0n) is 18.8. The Hall–Kier alpha value is -2.38. The number of fused-ring (bicyclic) bond motifs is 3. The maximum Gasteiger partial charge on any atom is 0.243 e. The number of hydrogen-bond acceptors (Lipinski definition) is 4. The van der Waals surface area contributed by atoms with E-state index in [0.29, 0.717) is 36.9 Å². The first-order chi connectivity index (χ1) is 15.4. The summed E-state index contributed by atoms with van der Waals surface area (Å²) in [7, 11) is -3.54. The SMILES string of the molecule is Cc1ccc(S(=O)(=O)N2CCC(C(=O)N3CC4CCCN4c4ccccc43)CC2)c(C)c1. The van der Waals surface area contributed by atoms with Gasteiger partial charge in [0.25, 0.3) is 0 Å². The van der Waals surface area contributed by atoms with Crippen LogP contribution in [-0.4, -0.2) is 50.9 Å². The summed E-state index contributed by atoms with van der Waals surface area (Å²) in [6.45, 7) is 6.36. The summed E-state index contributed by atoms with van der Waals surface area (Å²) in [6.07, 6.45) is 3.41. The van der Waals surface area contributed by atoms with Crippen LogP contribution in [-0.2, 0) is 14.8 Å². The van der Waals surface area contributed by atoms with E-state index in [1.54, 1.807) is 10.4 Å². The molecule has 0 radical (unpaired) electrons. The molecule has 2 fully saturated rings. The van der Waals surface area contributed by atoms with E-state index in [2.05, 4.69) is 11.0 Å². The molecule has 0 aliphatic carbocycles. The van der Waals surface area contributed by atoms with Gasteiger partial charge in [0.15, 0.2) is 0 Å². The maximum atomic E-state index is 13.6. The Morgan fingerprint density at radius 1 is 0.938 bits per heavy atom. The lowest BCUT2D eigenvalue weighted by Crippen LogP contribution is -2.51. The summed E-state index contributed by atoms with van der Waals surface area (Å²) in [5.41, 5.74) is 3.98. The molecule has 0 spiro atoms. The highest BCUT2D eigenvalue weighted by Crippen LogP contribution is 2.40. The molecule has 1 atom stereocenters. The Morgan fingerprint density at radius 3 is 2.38 bits per heavy atom. The van der Waals surface area contributed by atoms with E-state index < -0.39 is 10.0 Å². The number of sulfonamides is 1. The molecule has 0 bridgehead atoms. The van der Waals surface area contributed by atoms with Gasteiger partial charge in [-0.2, -0.15) is 4.31 Å². The lowest BCUT2D eigenvalue weighted by atomic mass is 9.95. The van der Waals surface area contributed by atoms with Crippen molar-refractivity contribution >= 4 is 27.3 Å². The van der Waals surface area contributed by atoms with Crippen LogP contribution in [0.1, 0.15) is 36.8 Å². The summed E-state index contributed by atoms with van der Waals surface area (Å²) in [5, 5.41) is 0. The number of benzene rings is 2. The van der Waals surface area contributed by atoms with Crippen molar-refractivity contribution in [2.24, 2.45) is 5.92 Å². The van der Waals surface area contributed by atoms with E-state index in [9.17, 15) is 13.2 Å². The number of aryl methyl sites for hydroxylation is 2. The molecule has 0 aromatic heterocycles. The molecule has 0 saturated carbocycles. The molecule has 32 heavy (non-hydrogen) atoms. The molecule has 7 heteroatoms. The molecule has 0 N–H and O–H groups in total. The third-order valence-electron chi connectivity index (χ3n) is 7.27. The number of anilines is 2. The second kappa shape index (κ2) is 8.19. The topological polar surface area (TPSA) is 60.9 Å². The number of carbonyl (C=O) groups excluding carboxylic acids is 1. The van der Waals surface area contributed by atoms with Crippen molar-refractivity contribution in [3.8, 4) is 0 Å². The molecular weight excluding hydrogens is 422 g/mol. The fourth-order valence-corrected chi connectivity index (χ4v) is 7.26. The predicted octanol–water partition coefficient (Wildman–Crippen LogP) is 3.72. The zero-order chi connectivity index (χ0) is 22.5. The molecule has 2 aromatic rings. The fraction of sp³-hybridized carbons (Fsp3) is 0.480. The number of para-hydroxylation sites is 2. The minimum Gasteiger partial charge on any atom is -0.365 e. The number of rotatable bonds is 3. The second-order valence-electron chi connectivity index (χ2n) is 9.37. The van der Waals surface area contributed by atoms with Crippen LogP contribution in [0, 0.1) is 19.8 Å². The summed E-state index contributed by atoms with van der Waals surface area (Å²) in [4.78, 5) is 18.4. The van der Waals surface area contributed by atoms with E-state index in [-0.39, 0.29) is 11.8 Å². The van der Waals surface area contributed by atoms with Crippen molar-refractivity contribution in [1.29, 1.82) is 0 Å². The molecule has 2 saturated heterocycles. The Balaban J connectivity index is 1.31. The molecule has 170 valence electrons. The monoisotopic (exact) mass is 453 g/mol. The summed E-state index contributed by atoms with van der Waals surface area (Å²) in [6, 6.07) is 14.0. The highest BCUT2D eigenvalue weighted by molar-refractivity contribution is 7.89. The number of amides is 1. The Labute approximate surface area is 190 Å². The van der Waals surface area contributed by atoms with Gasteiger partial charge in [-0.25, -0.2) is 8.42 Å². The minimum atomic E-state index is -3.54. The first kappa shape index (κ1) is 21.5. The van der Waals surface area contributed by atoms with E-state index in [1.165, 1.54) is 0 Å². The van der Waals surface area contributed by atoms with Crippen LogP contribution in [0.3, 0.4) is 0 Å². The van der Waals surface area contributed by atoms with Crippen LogP contribution >= 0.6 is 0 Å². The molecule has 3 aliphatic heterocycles. The standard InChI is InChI=1S/C25H31N3O3S/c1-18-9-10-24(19(2)16-18)32(30,31)26-14-11-20(12-15-26)25(29)28-17-21-6-5-13-27(21)22-7-3-4-8-23(22)28/h3-4,7-10,16,20-21H,5-6,11-15,17H2,1-2H3. The number of nitrogens with zero attached hydrogens (tertiary/aromatic N) is 3. The van der Waals surface area contributed by atoms with Gasteiger partial charge in [0.2, 0.25) is 15.9 Å². The maximum absolute atomic E-state index is 13.6. The van der Waals surface area contributed by atoms with Crippen molar-refractivity contribution in [2.45, 2.75) is 50.5 Å². The summed E-state index contributed by atoms with van der Waals surface area (Å²) >= 11 is 0. The second-order valence-corrected chi connectivity index (χ2v) is 11.3. The number of carbonyl (C=O) groups is 1. The van der Waals surface area contributed by atoms with Crippen LogP contribution in [0.5, 0.6) is 0 Å². The van der Waals surface area contributed by atoms with E-state index >= 15 is 0 Å². The lowest BCUT2D eigenvalue weighted by Gasteiger charge is -2.42. The molecule has 5 rings (SSSR count). The minimum absolute atomic E-state index is 0.137. The van der Waals surface area contributed by atoms with Crippen LogP contribution in [0.15, 0.2) is 47.4 Å². The molecule has 6 nitrogen and oxygen atoms in total. The van der Waals surface area contributed by atoms with Gasteiger partial charge >= 0.3 is 0 Å². The third-order valence-corrected chi connectivity index (χ3v) is 9.33. The molecule has 1 unspecified atom stereocenters. The fourth-order valence-electron chi connectivity index (χ4n) is 5.59. The van der Waals surface area contributed by atoms with Crippen LogP contribution in [0.4, 0.5) is 11.4 Å². The average Bonchev–Trinajstić information content (AvgIpc) is 3.27. The molecule has 1 amide bonds. The average molecular weight is 454 g/mol.